The van der Waals surface area contributed by atoms with Crippen LogP contribution in [0.5, 0.6) is 5.75 Å². The molecule has 2 aromatic rings. The molecule has 1 aromatic heterocycles. The Balaban J connectivity index is 1.49. The van der Waals surface area contributed by atoms with E-state index in [0.717, 1.165) is 50.9 Å². The highest BCUT2D eigenvalue weighted by Gasteiger charge is 2.19. The zero-order chi connectivity index (χ0) is 17.5. The van der Waals surface area contributed by atoms with Crippen molar-refractivity contribution >= 4 is 23.0 Å². The second-order valence-electron chi connectivity index (χ2n) is 5.98. The van der Waals surface area contributed by atoms with Crippen LogP contribution in [0.4, 0.5) is 5.69 Å². The Morgan fingerprint density at radius 1 is 1.20 bits per heavy atom. The van der Waals surface area contributed by atoms with E-state index in [0.29, 0.717) is 0 Å². The molecule has 0 unspecified atom stereocenters. The van der Waals surface area contributed by atoms with Crippen LogP contribution < -0.4 is 15.0 Å². The summed E-state index contributed by atoms with van der Waals surface area (Å²) >= 11 is 1.81. The molecule has 0 amide bonds. The van der Waals surface area contributed by atoms with E-state index < -0.39 is 0 Å². The van der Waals surface area contributed by atoms with Crippen molar-refractivity contribution in [3.63, 3.8) is 0 Å². The van der Waals surface area contributed by atoms with Gasteiger partial charge in [-0.3, -0.25) is 4.99 Å². The number of rotatable bonds is 5. The summed E-state index contributed by atoms with van der Waals surface area (Å²) in [7, 11) is 3.57. The van der Waals surface area contributed by atoms with Gasteiger partial charge in [-0.2, -0.15) is 0 Å². The number of hydrogen-bond acceptors (Lipinski definition) is 4. The van der Waals surface area contributed by atoms with Gasteiger partial charge in [-0.25, -0.2) is 0 Å². The monoisotopic (exact) mass is 358 g/mol. The third-order valence-corrected chi connectivity index (χ3v) is 5.38. The van der Waals surface area contributed by atoms with Crippen LogP contribution in [0.2, 0.25) is 0 Å². The Hall–Kier alpha value is -2.21. The van der Waals surface area contributed by atoms with Crippen molar-refractivity contribution in [3.8, 4) is 5.75 Å². The Bertz CT molecular complexity index is 678. The second kappa shape index (κ2) is 8.76. The zero-order valence-corrected chi connectivity index (χ0v) is 15.8. The number of piperazine rings is 1. The first-order chi connectivity index (χ1) is 12.3. The molecule has 1 aliphatic rings. The molecule has 1 aliphatic heterocycles. The summed E-state index contributed by atoms with van der Waals surface area (Å²) in [6, 6.07) is 12.6. The minimum Gasteiger partial charge on any atom is -0.497 e. The molecule has 134 valence electrons. The quantitative estimate of drug-likeness (QED) is 0.659. The normalized spacial score (nSPS) is 15.4. The van der Waals surface area contributed by atoms with Crippen molar-refractivity contribution < 1.29 is 4.74 Å². The number of guanidine groups is 1. The molecule has 1 aromatic carbocycles. The average molecular weight is 359 g/mol. The number of aliphatic imine (C=N–C) groups is 1. The molecule has 25 heavy (non-hydrogen) atoms. The lowest BCUT2D eigenvalue weighted by molar-refractivity contribution is 0.372. The molecule has 0 spiro atoms. The van der Waals surface area contributed by atoms with Crippen LogP contribution in [-0.2, 0) is 6.42 Å². The van der Waals surface area contributed by atoms with Crippen LogP contribution in [0.15, 0.2) is 46.8 Å². The Morgan fingerprint density at radius 3 is 2.72 bits per heavy atom. The van der Waals surface area contributed by atoms with Crippen LogP contribution in [0.1, 0.15) is 4.88 Å². The summed E-state index contributed by atoms with van der Waals surface area (Å²) in [5.41, 5.74) is 1.22. The fourth-order valence-electron chi connectivity index (χ4n) is 3.07. The maximum Gasteiger partial charge on any atom is 0.193 e. The lowest BCUT2D eigenvalue weighted by atomic mass is 10.2. The average Bonchev–Trinajstić information content (AvgIpc) is 3.19. The lowest BCUT2D eigenvalue weighted by Crippen LogP contribution is -2.52. The van der Waals surface area contributed by atoms with Crippen LogP contribution in [-0.4, -0.2) is 57.7 Å². The highest BCUT2D eigenvalue weighted by molar-refractivity contribution is 7.09. The summed E-state index contributed by atoms with van der Waals surface area (Å²) in [6.45, 7) is 4.83. The molecule has 0 bridgehead atoms. The number of thiophene rings is 1. The van der Waals surface area contributed by atoms with Gasteiger partial charge in [0, 0.05) is 56.4 Å². The molecule has 0 atom stereocenters. The van der Waals surface area contributed by atoms with Crippen molar-refractivity contribution in [2.45, 2.75) is 6.42 Å². The largest absolute Gasteiger partial charge is 0.497 e. The standard InChI is InChI=1S/C19H26N4OS/c1-20-19(21-9-8-18-7-4-14-25-18)23-12-10-22(11-13-23)16-5-3-6-17(15-16)24-2/h3-7,14-15H,8-13H2,1-2H3,(H,20,21). The van der Waals surface area contributed by atoms with Crippen LogP contribution >= 0.6 is 11.3 Å². The van der Waals surface area contributed by atoms with Gasteiger partial charge in [0.15, 0.2) is 5.96 Å². The maximum atomic E-state index is 5.33. The topological polar surface area (TPSA) is 40.1 Å². The fourth-order valence-corrected chi connectivity index (χ4v) is 3.78. The molecule has 1 saturated heterocycles. The summed E-state index contributed by atoms with van der Waals surface area (Å²) in [6.07, 6.45) is 1.04. The summed E-state index contributed by atoms with van der Waals surface area (Å²) < 4.78 is 5.33. The molecule has 1 fully saturated rings. The van der Waals surface area contributed by atoms with Crippen molar-refractivity contribution in [1.29, 1.82) is 0 Å². The summed E-state index contributed by atoms with van der Waals surface area (Å²) in [5.74, 6) is 1.91. The molecular weight excluding hydrogens is 332 g/mol. The number of anilines is 1. The van der Waals surface area contributed by atoms with Crippen molar-refractivity contribution in [1.82, 2.24) is 10.2 Å². The first-order valence-electron chi connectivity index (χ1n) is 8.67. The molecule has 6 heteroatoms. The third kappa shape index (κ3) is 4.66. The molecule has 0 aliphatic carbocycles. The van der Waals surface area contributed by atoms with E-state index >= 15 is 0 Å². The Kier molecular flexibility index (Phi) is 6.17. The van der Waals surface area contributed by atoms with Crippen molar-refractivity contribution in [2.75, 3.05) is 51.8 Å². The third-order valence-electron chi connectivity index (χ3n) is 4.44. The summed E-state index contributed by atoms with van der Waals surface area (Å²) in [5, 5.41) is 5.62. The molecular formula is C19H26N4OS. The molecule has 3 rings (SSSR count). The number of hydrogen-bond donors (Lipinski definition) is 1. The molecule has 1 N–H and O–H groups in total. The van der Waals surface area contributed by atoms with E-state index in [1.54, 1.807) is 7.11 Å². The van der Waals surface area contributed by atoms with Gasteiger partial charge in [0.2, 0.25) is 0 Å². The van der Waals surface area contributed by atoms with E-state index in [2.05, 4.69) is 49.8 Å². The molecule has 2 heterocycles. The summed E-state index contributed by atoms with van der Waals surface area (Å²) in [4.78, 5) is 10.6. The van der Waals surface area contributed by atoms with Crippen LogP contribution in [0.3, 0.4) is 0 Å². The van der Waals surface area contributed by atoms with Gasteiger partial charge >= 0.3 is 0 Å². The number of benzene rings is 1. The van der Waals surface area contributed by atoms with E-state index in [-0.39, 0.29) is 0 Å². The predicted molar refractivity (Wildman–Crippen MR) is 106 cm³/mol. The number of ether oxygens (including phenoxy) is 1. The van der Waals surface area contributed by atoms with Gasteiger partial charge in [-0.1, -0.05) is 12.1 Å². The van der Waals surface area contributed by atoms with Gasteiger partial charge in [-0.05, 0) is 30.0 Å². The van der Waals surface area contributed by atoms with Gasteiger partial charge in [0.1, 0.15) is 5.75 Å². The first-order valence-corrected chi connectivity index (χ1v) is 9.55. The minimum absolute atomic E-state index is 0.908. The number of nitrogens with one attached hydrogen (secondary N) is 1. The van der Waals surface area contributed by atoms with E-state index in [4.69, 9.17) is 4.74 Å². The lowest BCUT2D eigenvalue weighted by Gasteiger charge is -2.37. The molecule has 5 nitrogen and oxygen atoms in total. The molecule has 0 radical (unpaired) electrons. The first kappa shape index (κ1) is 17.6. The van der Waals surface area contributed by atoms with Gasteiger partial charge in [0.25, 0.3) is 0 Å². The smallest absolute Gasteiger partial charge is 0.193 e. The Labute approximate surface area is 153 Å². The number of nitrogens with zero attached hydrogens (tertiary/aromatic N) is 3. The second-order valence-corrected chi connectivity index (χ2v) is 7.01. The number of methoxy groups -OCH3 is 1. The zero-order valence-electron chi connectivity index (χ0n) is 14.9. The van der Waals surface area contributed by atoms with Crippen molar-refractivity contribution in [3.05, 3.63) is 46.7 Å². The SMILES string of the molecule is CN=C(NCCc1cccs1)N1CCN(c2cccc(OC)c2)CC1. The van der Waals surface area contributed by atoms with Crippen LogP contribution in [0.25, 0.3) is 0 Å². The van der Waals surface area contributed by atoms with E-state index in [9.17, 15) is 0 Å². The fraction of sp³-hybridized carbons (Fsp3) is 0.421. The highest BCUT2D eigenvalue weighted by atomic mass is 32.1. The van der Waals surface area contributed by atoms with E-state index in [1.807, 2.05) is 30.5 Å². The van der Waals surface area contributed by atoms with Gasteiger partial charge < -0.3 is 19.9 Å². The highest BCUT2D eigenvalue weighted by Crippen LogP contribution is 2.22. The molecule has 0 saturated carbocycles. The van der Waals surface area contributed by atoms with Crippen molar-refractivity contribution in [2.24, 2.45) is 4.99 Å². The predicted octanol–water partition coefficient (Wildman–Crippen LogP) is 2.70. The van der Waals surface area contributed by atoms with E-state index in [1.165, 1.54) is 10.6 Å². The minimum atomic E-state index is 0.908. The van der Waals surface area contributed by atoms with Crippen LogP contribution in [0, 0.1) is 0 Å². The van der Waals surface area contributed by atoms with Gasteiger partial charge in [0.05, 0.1) is 7.11 Å². The Morgan fingerprint density at radius 2 is 2.04 bits per heavy atom. The van der Waals surface area contributed by atoms with Gasteiger partial charge in [-0.15, -0.1) is 11.3 Å². The maximum absolute atomic E-state index is 5.33.